The van der Waals surface area contributed by atoms with Crippen molar-refractivity contribution in [1.29, 1.82) is 0 Å². The lowest BCUT2D eigenvalue weighted by Crippen LogP contribution is -2.39. The van der Waals surface area contributed by atoms with Crippen LogP contribution in [0.1, 0.15) is 22.5 Å². The van der Waals surface area contributed by atoms with Crippen LogP contribution >= 0.6 is 15.9 Å². The third-order valence-corrected chi connectivity index (χ3v) is 4.75. The standard InChI is InChI=1S/C18H26BrN5/c1-13-17(14(2)24(5)22-13)10-11-21-18(20-3)23(4)12-15-6-8-16(19)9-7-15/h6-9H,10-12H2,1-5H3,(H,20,21). The first kappa shape index (κ1) is 18.5. The van der Waals surface area contributed by atoms with Gasteiger partial charge in [0.2, 0.25) is 0 Å². The Morgan fingerprint density at radius 1 is 1.29 bits per heavy atom. The molecule has 0 atom stereocenters. The summed E-state index contributed by atoms with van der Waals surface area (Å²) in [6.45, 7) is 5.84. The van der Waals surface area contributed by atoms with Crippen LogP contribution in [-0.4, -0.2) is 41.3 Å². The van der Waals surface area contributed by atoms with Gasteiger partial charge in [-0.3, -0.25) is 9.67 Å². The lowest BCUT2D eigenvalue weighted by atomic mass is 10.1. The molecule has 1 heterocycles. The first-order valence-corrected chi connectivity index (χ1v) is 8.87. The minimum atomic E-state index is 0.817. The van der Waals surface area contributed by atoms with Gasteiger partial charge in [-0.25, -0.2) is 0 Å². The Kier molecular flexibility index (Phi) is 6.43. The summed E-state index contributed by atoms with van der Waals surface area (Å²) >= 11 is 3.47. The van der Waals surface area contributed by atoms with Gasteiger partial charge in [0.25, 0.3) is 0 Å². The number of aryl methyl sites for hydroxylation is 2. The zero-order valence-electron chi connectivity index (χ0n) is 15.1. The molecule has 0 aliphatic heterocycles. The van der Waals surface area contributed by atoms with Crippen LogP contribution in [0.2, 0.25) is 0 Å². The predicted octanol–water partition coefficient (Wildman–Crippen LogP) is 3.05. The number of guanidine groups is 1. The molecule has 0 aliphatic carbocycles. The quantitative estimate of drug-likeness (QED) is 0.629. The highest BCUT2D eigenvalue weighted by atomic mass is 79.9. The van der Waals surface area contributed by atoms with E-state index < -0.39 is 0 Å². The van der Waals surface area contributed by atoms with E-state index in [1.54, 1.807) is 0 Å². The molecule has 1 N–H and O–H groups in total. The van der Waals surface area contributed by atoms with Crippen LogP contribution < -0.4 is 5.32 Å². The summed E-state index contributed by atoms with van der Waals surface area (Å²) in [7, 11) is 5.86. The molecule has 0 bridgehead atoms. The summed E-state index contributed by atoms with van der Waals surface area (Å²) in [5.41, 5.74) is 4.90. The molecule has 0 amide bonds. The van der Waals surface area contributed by atoms with Crippen molar-refractivity contribution in [3.63, 3.8) is 0 Å². The summed E-state index contributed by atoms with van der Waals surface area (Å²) in [4.78, 5) is 6.52. The SMILES string of the molecule is CN=C(NCCc1c(C)nn(C)c1C)N(C)Cc1ccc(Br)cc1. The normalized spacial score (nSPS) is 11.7. The number of nitrogens with zero attached hydrogens (tertiary/aromatic N) is 4. The molecule has 1 aromatic heterocycles. The molecule has 24 heavy (non-hydrogen) atoms. The molecule has 2 rings (SSSR count). The fraction of sp³-hybridized carbons (Fsp3) is 0.444. The van der Waals surface area contributed by atoms with Gasteiger partial charge in [0.15, 0.2) is 5.96 Å². The molecule has 0 saturated carbocycles. The molecule has 0 aliphatic rings. The minimum Gasteiger partial charge on any atom is -0.356 e. The number of nitrogens with one attached hydrogen (secondary N) is 1. The number of halogens is 1. The van der Waals surface area contributed by atoms with Crippen LogP contribution in [0.3, 0.4) is 0 Å². The highest BCUT2D eigenvalue weighted by Crippen LogP contribution is 2.13. The average molecular weight is 392 g/mol. The third kappa shape index (κ3) is 4.60. The monoisotopic (exact) mass is 391 g/mol. The molecule has 2 aromatic rings. The zero-order valence-corrected chi connectivity index (χ0v) is 16.7. The highest BCUT2D eigenvalue weighted by molar-refractivity contribution is 9.10. The van der Waals surface area contributed by atoms with E-state index in [9.17, 15) is 0 Å². The van der Waals surface area contributed by atoms with Gasteiger partial charge in [0.1, 0.15) is 0 Å². The largest absolute Gasteiger partial charge is 0.356 e. The highest BCUT2D eigenvalue weighted by Gasteiger charge is 2.10. The number of benzene rings is 1. The van der Waals surface area contributed by atoms with E-state index in [2.05, 4.69) is 81.4 Å². The first-order chi connectivity index (χ1) is 11.4. The van der Waals surface area contributed by atoms with Gasteiger partial charge >= 0.3 is 0 Å². The molecule has 5 nitrogen and oxygen atoms in total. The Bertz CT molecular complexity index is 703. The van der Waals surface area contributed by atoms with Crippen molar-refractivity contribution in [2.24, 2.45) is 12.0 Å². The molecule has 0 saturated heterocycles. The summed E-state index contributed by atoms with van der Waals surface area (Å²) < 4.78 is 3.04. The molecule has 0 spiro atoms. The molecule has 0 unspecified atom stereocenters. The summed E-state index contributed by atoms with van der Waals surface area (Å²) in [5, 5.41) is 7.91. The summed E-state index contributed by atoms with van der Waals surface area (Å²) in [6, 6.07) is 8.37. The Morgan fingerprint density at radius 2 is 1.96 bits per heavy atom. The number of rotatable bonds is 5. The van der Waals surface area contributed by atoms with E-state index in [4.69, 9.17) is 0 Å². The lowest BCUT2D eigenvalue weighted by molar-refractivity contribution is 0.477. The Hall–Kier alpha value is -1.82. The van der Waals surface area contributed by atoms with Gasteiger partial charge in [-0.2, -0.15) is 5.10 Å². The van der Waals surface area contributed by atoms with Crippen molar-refractivity contribution in [2.75, 3.05) is 20.6 Å². The van der Waals surface area contributed by atoms with Crippen molar-refractivity contribution in [1.82, 2.24) is 20.0 Å². The van der Waals surface area contributed by atoms with Crippen LogP contribution in [0, 0.1) is 13.8 Å². The van der Waals surface area contributed by atoms with Gasteiger partial charge in [-0.15, -0.1) is 0 Å². The second-order valence-electron chi connectivity index (χ2n) is 5.98. The lowest BCUT2D eigenvalue weighted by Gasteiger charge is -2.22. The molecular formula is C18H26BrN5. The van der Waals surface area contributed by atoms with E-state index in [1.165, 1.54) is 16.8 Å². The summed E-state index contributed by atoms with van der Waals surface area (Å²) in [6.07, 6.45) is 0.941. The van der Waals surface area contributed by atoms with Gasteiger partial charge in [-0.05, 0) is 43.5 Å². The minimum absolute atomic E-state index is 0.817. The second-order valence-corrected chi connectivity index (χ2v) is 6.90. The maximum atomic E-state index is 4.47. The third-order valence-electron chi connectivity index (χ3n) is 4.22. The number of aromatic nitrogens is 2. The van der Waals surface area contributed by atoms with Crippen LogP contribution in [0.25, 0.3) is 0 Å². The zero-order chi connectivity index (χ0) is 17.7. The summed E-state index contributed by atoms with van der Waals surface area (Å²) in [5.74, 6) is 0.900. The second kappa shape index (κ2) is 8.33. The fourth-order valence-electron chi connectivity index (χ4n) is 2.80. The van der Waals surface area contributed by atoms with E-state index in [1.807, 2.05) is 18.8 Å². The number of hydrogen-bond acceptors (Lipinski definition) is 2. The molecule has 6 heteroatoms. The number of hydrogen-bond donors (Lipinski definition) is 1. The van der Waals surface area contributed by atoms with Crippen molar-refractivity contribution >= 4 is 21.9 Å². The molecule has 0 radical (unpaired) electrons. The van der Waals surface area contributed by atoms with Gasteiger partial charge in [0.05, 0.1) is 5.69 Å². The van der Waals surface area contributed by atoms with Gasteiger partial charge in [-0.1, -0.05) is 28.1 Å². The topological polar surface area (TPSA) is 45.5 Å². The van der Waals surface area contributed by atoms with E-state index in [0.717, 1.165) is 35.6 Å². The molecule has 130 valence electrons. The van der Waals surface area contributed by atoms with Crippen LogP contribution in [0.5, 0.6) is 0 Å². The average Bonchev–Trinajstić information content (AvgIpc) is 2.79. The Labute approximate surface area is 152 Å². The molecule has 1 aromatic carbocycles. The van der Waals surface area contributed by atoms with Gasteiger partial charge < -0.3 is 10.2 Å². The van der Waals surface area contributed by atoms with Crippen molar-refractivity contribution in [3.8, 4) is 0 Å². The number of aliphatic imine (C=N–C) groups is 1. The van der Waals surface area contributed by atoms with E-state index in [-0.39, 0.29) is 0 Å². The van der Waals surface area contributed by atoms with Crippen molar-refractivity contribution in [3.05, 3.63) is 51.3 Å². The van der Waals surface area contributed by atoms with Crippen LogP contribution in [0.15, 0.2) is 33.7 Å². The molecule has 0 fully saturated rings. The predicted molar refractivity (Wildman–Crippen MR) is 103 cm³/mol. The Balaban J connectivity index is 1.90. The van der Waals surface area contributed by atoms with Crippen molar-refractivity contribution < 1.29 is 0 Å². The smallest absolute Gasteiger partial charge is 0.193 e. The Morgan fingerprint density at radius 3 is 2.50 bits per heavy atom. The van der Waals surface area contributed by atoms with Crippen molar-refractivity contribution in [2.45, 2.75) is 26.8 Å². The maximum Gasteiger partial charge on any atom is 0.193 e. The first-order valence-electron chi connectivity index (χ1n) is 8.07. The maximum absolute atomic E-state index is 4.47. The van der Waals surface area contributed by atoms with Crippen LogP contribution in [-0.2, 0) is 20.0 Å². The fourth-order valence-corrected chi connectivity index (χ4v) is 3.07. The van der Waals surface area contributed by atoms with E-state index in [0.29, 0.717) is 0 Å². The van der Waals surface area contributed by atoms with Gasteiger partial charge in [0, 0.05) is 44.4 Å². The molecular weight excluding hydrogens is 366 g/mol. The van der Waals surface area contributed by atoms with E-state index >= 15 is 0 Å². The van der Waals surface area contributed by atoms with Crippen LogP contribution in [0.4, 0.5) is 0 Å².